The molecule has 4 rings (SSSR count). The van der Waals surface area contributed by atoms with Gasteiger partial charge in [-0.3, -0.25) is 0 Å². The monoisotopic (exact) mass is 387 g/mol. The summed E-state index contributed by atoms with van der Waals surface area (Å²) < 4.78 is 12.9. The number of hydrogen-bond donors (Lipinski definition) is 1. The number of methoxy groups -OCH3 is 2. The minimum atomic E-state index is 0.690. The van der Waals surface area contributed by atoms with Gasteiger partial charge in [0.25, 0.3) is 0 Å². The summed E-state index contributed by atoms with van der Waals surface area (Å²) in [5.41, 5.74) is 5.56. The number of rotatable bonds is 7. The standard InChI is InChI=1S/C24H25N3O2/c1-17-26-21-14-20(25-15-19-9-12-23(28-2)24(13-19)29-3)10-11-22(21)27(17)16-18-7-5-4-6-8-18/h4-14,25H,15-16H2,1-3H3. The normalized spacial score (nSPS) is 10.9. The topological polar surface area (TPSA) is 48.3 Å². The Kier molecular flexibility index (Phi) is 5.38. The molecule has 1 heterocycles. The largest absolute Gasteiger partial charge is 0.493 e. The summed E-state index contributed by atoms with van der Waals surface area (Å²) >= 11 is 0. The van der Waals surface area contributed by atoms with E-state index in [0.717, 1.165) is 46.2 Å². The van der Waals surface area contributed by atoms with E-state index in [1.54, 1.807) is 14.2 Å². The zero-order valence-electron chi connectivity index (χ0n) is 17.0. The molecule has 0 fully saturated rings. The van der Waals surface area contributed by atoms with Gasteiger partial charge in [-0.15, -0.1) is 0 Å². The summed E-state index contributed by atoms with van der Waals surface area (Å²) in [6.07, 6.45) is 0. The van der Waals surface area contributed by atoms with Crippen molar-refractivity contribution in [3.63, 3.8) is 0 Å². The summed E-state index contributed by atoms with van der Waals surface area (Å²) in [7, 11) is 3.29. The van der Waals surface area contributed by atoms with Crippen molar-refractivity contribution in [2.45, 2.75) is 20.0 Å². The van der Waals surface area contributed by atoms with E-state index in [1.165, 1.54) is 5.56 Å². The molecule has 0 aliphatic heterocycles. The van der Waals surface area contributed by atoms with Gasteiger partial charge in [0.1, 0.15) is 5.82 Å². The second kappa shape index (κ2) is 8.27. The maximum Gasteiger partial charge on any atom is 0.161 e. The number of ether oxygens (including phenoxy) is 2. The summed E-state index contributed by atoms with van der Waals surface area (Å²) in [5, 5.41) is 3.47. The number of nitrogens with zero attached hydrogens (tertiary/aromatic N) is 2. The molecule has 148 valence electrons. The van der Waals surface area contributed by atoms with Gasteiger partial charge in [-0.25, -0.2) is 4.98 Å². The van der Waals surface area contributed by atoms with Crippen LogP contribution in [0.5, 0.6) is 11.5 Å². The Morgan fingerprint density at radius 1 is 0.862 bits per heavy atom. The third-order valence-electron chi connectivity index (χ3n) is 5.07. The number of fused-ring (bicyclic) bond motifs is 1. The van der Waals surface area contributed by atoms with Crippen molar-refractivity contribution in [2.24, 2.45) is 0 Å². The lowest BCUT2D eigenvalue weighted by Crippen LogP contribution is -2.02. The molecule has 0 atom stereocenters. The van der Waals surface area contributed by atoms with Crippen molar-refractivity contribution in [1.82, 2.24) is 9.55 Å². The molecule has 5 nitrogen and oxygen atoms in total. The highest BCUT2D eigenvalue weighted by molar-refractivity contribution is 5.80. The van der Waals surface area contributed by atoms with Crippen LogP contribution in [-0.4, -0.2) is 23.8 Å². The molecule has 0 aliphatic rings. The first-order valence-corrected chi connectivity index (χ1v) is 9.63. The van der Waals surface area contributed by atoms with Gasteiger partial charge in [0.05, 0.1) is 25.3 Å². The molecule has 0 radical (unpaired) electrons. The predicted octanol–water partition coefficient (Wildman–Crippen LogP) is 5.02. The Morgan fingerprint density at radius 3 is 2.41 bits per heavy atom. The molecule has 1 aromatic heterocycles. The van der Waals surface area contributed by atoms with Crippen LogP contribution in [0.2, 0.25) is 0 Å². The number of anilines is 1. The molecule has 0 spiro atoms. The van der Waals surface area contributed by atoms with Crippen LogP contribution in [0.3, 0.4) is 0 Å². The molecule has 0 amide bonds. The van der Waals surface area contributed by atoms with Crippen molar-refractivity contribution >= 4 is 16.7 Å². The third kappa shape index (κ3) is 4.04. The highest BCUT2D eigenvalue weighted by Crippen LogP contribution is 2.28. The van der Waals surface area contributed by atoms with Crippen molar-refractivity contribution < 1.29 is 9.47 Å². The van der Waals surface area contributed by atoms with E-state index in [2.05, 4.69) is 59.3 Å². The minimum absolute atomic E-state index is 0.690. The van der Waals surface area contributed by atoms with Gasteiger partial charge in [0, 0.05) is 18.8 Å². The van der Waals surface area contributed by atoms with E-state index in [-0.39, 0.29) is 0 Å². The Labute approximate surface area is 170 Å². The number of aromatic nitrogens is 2. The van der Waals surface area contributed by atoms with Gasteiger partial charge in [-0.2, -0.15) is 0 Å². The van der Waals surface area contributed by atoms with Crippen LogP contribution in [0.15, 0.2) is 66.7 Å². The quantitative estimate of drug-likeness (QED) is 0.484. The molecule has 29 heavy (non-hydrogen) atoms. The van der Waals surface area contributed by atoms with Crippen LogP contribution in [0.1, 0.15) is 17.0 Å². The van der Waals surface area contributed by atoms with Crippen molar-refractivity contribution in [3.05, 3.63) is 83.7 Å². The minimum Gasteiger partial charge on any atom is -0.493 e. The van der Waals surface area contributed by atoms with Crippen LogP contribution >= 0.6 is 0 Å². The van der Waals surface area contributed by atoms with Crippen LogP contribution in [0.4, 0.5) is 5.69 Å². The number of hydrogen-bond acceptors (Lipinski definition) is 4. The van der Waals surface area contributed by atoms with E-state index < -0.39 is 0 Å². The molecule has 3 aromatic carbocycles. The molecular weight excluding hydrogens is 362 g/mol. The lowest BCUT2D eigenvalue weighted by Gasteiger charge is -2.11. The summed E-state index contributed by atoms with van der Waals surface area (Å²) in [6.45, 7) is 3.57. The first-order valence-electron chi connectivity index (χ1n) is 9.63. The van der Waals surface area contributed by atoms with Gasteiger partial charge < -0.3 is 19.4 Å². The van der Waals surface area contributed by atoms with Crippen LogP contribution in [0.25, 0.3) is 11.0 Å². The average molecular weight is 387 g/mol. The maximum atomic E-state index is 5.39. The number of nitrogens with one attached hydrogen (secondary N) is 1. The molecule has 4 aromatic rings. The molecule has 0 bridgehead atoms. The van der Waals surface area contributed by atoms with E-state index >= 15 is 0 Å². The van der Waals surface area contributed by atoms with Crippen molar-refractivity contribution in [1.29, 1.82) is 0 Å². The van der Waals surface area contributed by atoms with E-state index in [1.807, 2.05) is 24.3 Å². The number of imidazole rings is 1. The zero-order valence-corrected chi connectivity index (χ0v) is 17.0. The van der Waals surface area contributed by atoms with E-state index in [0.29, 0.717) is 6.54 Å². The molecule has 1 N–H and O–H groups in total. The second-order valence-corrected chi connectivity index (χ2v) is 6.98. The zero-order chi connectivity index (χ0) is 20.2. The lowest BCUT2D eigenvalue weighted by molar-refractivity contribution is 0.354. The molecule has 5 heteroatoms. The maximum absolute atomic E-state index is 5.39. The average Bonchev–Trinajstić information content (AvgIpc) is 3.07. The SMILES string of the molecule is COc1ccc(CNc2ccc3c(c2)nc(C)n3Cc2ccccc2)cc1OC. The van der Waals surface area contributed by atoms with Gasteiger partial charge in [-0.1, -0.05) is 36.4 Å². The fourth-order valence-electron chi connectivity index (χ4n) is 3.52. The van der Waals surface area contributed by atoms with Crippen LogP contribution in [0, 0.1) is 6.92 Å². The van der Waals surface area contributed by atoms with Gasteiger partial charge in [0.2, 0.25) is 0 Å². The summed E-state index contributed by atoms with van der Waals surface area (Å²) in [4.78, 5) is 4.76. The van der Waals surface area contributed by atoms with Crippen molar-refractivity contribution in [3.8, 4) is 11.5 Å². The van der Waals surface area contributed by atoms with Crippen LogP contribution in [-0.2, 0) is 13.1 Å². The lowest BCUT2D eigenvalue weighted by atomic mass is 10.2. The Bertz CT molecular complexity index is 1120. The smallest absolute Gasteiger partial charge is 0.161 e. The first-order chi connectivity index (χ1) is 14.2. The highest BCUT2D eigenvalue weighted by atomic mass is 16.5. The molecular formula is C24H25N3O2. The molecule has 0 aliphatic carbocycles. The fraction of sp³-hybridized carbons (Fsp3) is 0.208. The van der Waals surface area contributed by atoms with Gasteiger partial charge >= 0.3 is 0 Å². The third-order valence-corrected chi connectivity index (χ3v) is 5.07. The molecule has 0 unspecified atom stereocenters. The predicted molar refractivity (Wildman–Crippen MR) is 117 cm³/mol. The molecule has 0 saturated heterocycles. The Hall–Kier alpha value is -3.47. The van der Waals surface area contributed by atoms with Gasteiger partial charge in [0.15, 0.2) is 11.5 Å². The van der Waals surface area contributed by atoms with E-state index in [9.17, 15) is 0 Å². The number of benzene rings is 3. The van der Waals surface area contributed by atoms with Crippen molar-refractivity contribution in [2.75, 3.05) is 19.5 Å². The second-order valence-electron chi connectivity index (χ2n) is 6.98. The summed E-state index contributed by atoms with van der Waals surface area (Å²) in [5.74, 6) is 2.48. The highest BCUT2D eigenvalue weighted by Gasteiger charge is 2.09. The Morgan fingerprint density at radius 2 is 1.66 bits per heavy atom. The van der Waals surface area contributed by atoms with E-state index in [4.69, 9.17) is 14.5 Å². The van der Waals surface area contributed by atoms with Gasteiger partial charge in [-0.05, 0) is 48.4 Å². The fourth-order valence-corrected chi connectivity index (χ4v) is 3.52. The Balaban J connectivity index is 1.52. The first kappa shape index (κ1) is 18.9. The molecule has 0 saturated carbocycles. The summed E-state index contributed by atoms with van der Waals surface area (Å²) in [6, 6.07) is 22.8. The van der Waals surface area contributed by atoms with Crippen LogP contribution < -0.4 is 14.8 Å². The number of aryl methyl sites for hydroxylation is 1.